The fourth-order valence-electron chi connectivity index (χ4n) is 1.51. The number of hydrogen-bond donors (Lipinski definition) is 2. The topological polar surface area (TPSA) is 74.6 Å². The molecule has 114 valence electrons. The van der Waals surface area contributed by atoms with Crippen LogP contribution in [-0.4, -0.2) is 30.9 Å². The Bertz CT molecular complexity index is 479. The van der Waals surface area contributed by atoms with Crippen molar-refractivity contribution in [3.05, 3.63) is 47.5 Å². The van der Waals surface area contributed by atoms with Gasteiger partial charge in [0.15, 0.2) is 0 Å². The maximum atomic E-state index is 9.19. The average molecular weight is 300 g/mol. The second-order valence-electron chi connectivity index (χ2n) is 4.82. The van der Waals surface area contributed by atoms with Crippen LogP contribution in [0, 0.1) is 0 Å². The van der Waals surface area contributed by atoms with E-state index >= 15 is 0 Å². The molecule has 0 atom stereocenters. The molecule has 0 amide bonds. The van der Waals surface area contributed by atoms with Crippen LogP contribution in [0.2, 0.25) is 0 Å². The molecule has 0 heterocycles. The Labute approximate surface area is 121 Å². The molecule has 0 aromatic heterocycles. The summed E-state index contributed by atoms with van der Waals surface area (Å²) in [7, 11) is -3.67. The van der Waals surface area contributed by atoms with Crippen molar-refractivity contribution in [3.63, 3.8) is 0 Å². The summed E-state index contributed by atoms with van der Waals surface area (Å²) < 4.78 is 25.9. The minimum absolute atomic E-state index is 0.145. The van der Waals surface area contributed by atoms with Gasteiger partial charge >= 0.3 is 0 Å². The van der Waals surface area contributed by atoms with Crippen molar-refractivity contribution in [2.24, 2.45) is 0 Å². The highest BCUT2D eigenvalue weighted by Crippen LogP contribution is 2.15. The van der Waals surface area contributed by atoms with E-state index in [2.05, 4.69) is 38.1 Å². The Balaban J connectivity index is 0.000000621. The first kappa shape index (κ1) is 18.8. The second-order valence-corrected chi connectivity index (χ2v) is 6.29. The number of aliphatic hydroxyl groups excluding tert-OH is 1. The van der Waals surface area contributed by atoms with Crippen molar-refractivity contribution >= 4 is 10.1 Å². The molecule has 4 nitrogen and oxygen atoms in total. The van der Waals surface area contributed by atoms with E-state index in [1.807, 2.05) is 6.08 Å². The fraction of sp³-hybridized carbons (Fsp3) is 0.467. The van der Waals surface area contributed by atoms with Crippen molar-refractivity contribution in [2.75, 3.05) is 12.9 Å². The maximum absolute atomic E-state index is 9.19. The van der Waals surface area contributed by atoms with Gasteiger partial charge in [0, 0.05) is 0 Å². The molecule has 0 aliphatic carbocycles. The van der Waals surface area contributed by atoms with E-state index in [0.717, 1.165) is 12.8 Å². The number of aliphatic hydroxyl groups is 1. The highest BCUT2D eigenvalue weighted by atomic mass is 32.2. The van der Waals surface area contributed by atoms with Gasteiger partial charge in [-0.05, 0) is 29.9 Å². The van der Waals surface area contributed by atoms with Gasteiger partial charge in [-0.3, -0.25) is 4.55 Å². The lowest BCUT2D eigenvalue weighted by Crippen LogP contribution is -1.89. The summed E-state index contributed by atoms with van der Waals surface area (Å²) in [6, 6.07) is 8.80. The summed E-state index contributed by atoms with van der Waals surface area (Å²) in [6.07, 6.45) is 6.59. The standard InChI is InChI=1S/C14H20O.CH4O3S/c1-12(2)14-9-7-13(8-10-14)6-4-3-5-11-15;1-5(2,3)4/h3,5,7-10,12,15H,4,6,11H2,1-2H3;1H3,(H,2,3,4). The summed E-state index contributed by atoms with van der Waals surface area (Å²) in [6.45, 7) is 4.56. The van der Waals surface area contributed by atoms with Crippen molar-refractivity contribution in [1.82, 2.24) is 0 Å². The van der Waals surface area contributed by atoms with Crippen LogP contribution in [0.25, 0.3) is 0 Å². The molecule has 0 saturated heterocycles. The third kappa shape index (κ3) is 11.9. The van der Waals surface area contributed by atoms with Gasteiger partial charge in [0.2, 0.25) is 0 Å². The Morgan fingerprint density at radius 1 is 1.15 bits per heavy atom. The van der Waals surface area contributed by atoms with Gasteiger partial charge in [0.25, 0.3) is 10.1 Å². The first-order valence-corrected chi connectivity index (χ1v) is 8.36. The van der Waals surface area contributed by atoms with Gasteiger partial charge in [-0.2, -0.15) is 8.42 Å². The number of benzene rings is 1. The number of hydrogen-bond acceptors (Lipinski definition) is 3. The average Bonchev–Trinajstić information content (AvgIpc) is 2.33. The zero-order valence-electron chi connectivity index (χ0n) is 12.3. The van der Waals surface area contributed by atoms with Gasteiger partial charge in [-0.15, -0.1) is 0 Å². The molecule has 0 radical (unpaired) electrons. The van der Waals surface area contributed by atoms with Crippen LogP contribution in [0.3, 0.4) is 0 Å². The van der Waals surface area contributed by atoms with E-state index in [-0.39, 0.29) is 6.61 Å². The molecule has 20 heavy (non-hydrogen) atoms. The van der Waals surface area contributed by atoms with Crippen molar-refractivity contribution in [3.8, 4) is 0 Å². The van der Waals surface area contributed by atoms with Crippen LogP contribution in [0.5, 0.6) is 0 Å². The molecule has 0 saturated carbocycles. The van der Waals surface area contributed by atoms with Crippen LogP contribution >= 0.6 is 0 Å². The van der Waals surface area contributed by atoms with Crippen LogP contribution in [0.4, 0.5) is 0 Å². The van der Waals surface area contributed by atoms with E-state index in [1.165, 1.54) is 11.1 Å². The third-order valence-corrected chi connectivity index (χ3v) is 2.52. The predicted octanol–water partition coefficient (Wildman–Crippen LogP) is 2.80. The number of aryl methyl sites for hydroxylation is 1. The Kier molecular flexibility index (Phi) is 9.12. The summed E-state index contributed by atoms with van der Waals surface area (Å²) in [5.74, 6) is 0.605. The van der Waals surface area contributed by atoms with Gasteiger partial charge < -0.3 is 5.11 Å². The van der Waals surface area contributed by atoms with Crippen molar-refractivity contribution in [2.45, 2.75) is 32.6 Å². The lowest BCUT2D eigenvalue weighted by molar-refractivity contribution is 0.342. The zero-order chi connectivity index (χ0) is 15.6. The lowest BCUT2D eigenvalue weighted by Gasteiger charge is -2.05. The van der Waals surface area contributed by atoms with E-state index in [4.69, 9.17) is 9.66 Å². The SMILES string of the molecule is CC(C)c1ccc(CCC=CCO)cc1.CS(=O)(=O)O. The van der Waals surface area contributed by atoms with E-state index < -0.39 is 10.1 Å². The highest BCUT2D eigenvalue weighted by molar-refractivity contribution is 7.85. The Morgan fingerprint density at radius 2 is 1.65 bits per heavy atom. The number of allylic oxidation sites excluding steroid dienone is 1. The van der Waals surface area contributed by atoms with Gasteiger partial charge in [0.05, 0.1) is 12.9 Å². The normalized spacial score (nSPS) is 11.5. The second kappa shape index (κ2) is 9.69. The summed E-state index contributed by atoms with van der Waals surface area (Å²) >= 11 is 0. The minimum atomic E-state index is -3.67. The molecule has 0 aliphatic rings. The van der Waals surface area contributed by atoms with Gasteiger partial charge in [-0.25, -0.2) is 0 Å². The number of rotatable bonds is 5. The van der Waals surface area contributed by atoms with Crippen molar-refractivity contribution < 1.29 is 18.1 Å². The van der Waals surface area contributed by atoms with E-state index in [9.17, 15) is 8.42 Å². The first-order chi connectivity index (χ1) is 9.24. The minimum Gasteiger partial charge on any atom is -0.392 e. The predicted molar refractivity (Wildman–Crippen MR) is 82.6 cm³/mol. The summed E-state index contributed by atoms with van der Waals surface area (Å²) in [5, 5.41) is 8.57. The lowest BCUT2D eigenvalue weighted by atomic mass is 10.0. The maximum Gasteiger partial charge on any atom is 0.261 e. The molecule has 0 aliphatic heterocycles. The monoisotopic (exact) mass is 300 g/mol. The molecule has 1 aromatic carbocycles. The van der Waals surface area contributed by atoms with E-state index in [1.54, 1.807) is 6.08 Å². The Hall–Kier alpha value is -1.17. The molecule has 0 unspecified atom stereocenters. The molecule has 0 fully saturated rings. The molecular weight excluding hydrogens is 276 g/mol. The quantitative estimate of drug-likeness (QED) is 0.647. The summed E-state index contributed by atoms with van der Waals surface area (Å²) in [4.78, 5) is 0. The van der Waals surface area contributed by atoms with Crippen LogP contribution < -0.4 is 0 Å². The van der Waals surface area contributed by atoms with Gasteiger partial charge in [-0.1, -0.05) is 50.3 Å². The molecule has 1 rings (SSSR count). The molecule has 2 N–H and O–H groups in total. The van der Waals surface area contributed by atoms with E-state index in [0.29, 0.717) is 12.2 Å². The smallest absolute Gasteiger partial charge is 0.261 e. The molecular formula is C15H24O4S. The van der Waals surface area contributed by atoms with Crippen LogP contribution in [0.15, 0.2) is 36.4 Å². The zero-order valence-corrected chi connectivity index (χ0v) is 13.1. The third-order valence-electron chi connectivity index (χ3n) is 2.52. The Morgan fingerprint density at radius 3 is 2.05 bits per heavy atom. The molecule has 0 spiro atoms. The first-order valence-electron chi connectivity index (χ1n) is 6.51. The summed E-state index contributed by atoms with van der Waals surface area (Å²) in [5.41, 5.74) is 2.76. The molecule has 5 heteroatoms. The molecule has 1 aromatic rings. The van der Waals surface area contributed by atoms with Crippen molar-refractivity contribution in [1.29, 1.82) is 0 Å². The van der Waals surface area contributed by atoms with Crippen LogP contribution in [0.1, 0.15) is 37.3 Å². The van der Waals surface area contributed by atoms with Crippen LogP contribution in [-0.2, 0) is 16.5 Å². The van der Waals surface area contributed by atoms with Gasteiger partial charge in [0.1, 0.15) is 0 Å². The largest absolute Gasteiger partial charge is 0.392 e. The highest BCUT2D eigenvalue weighted by Gasteiger charge is 1.97. The fourth-order valence-corrected chi connectivity index (χ4v) is 1.51. The molecule has 0 bridgehead atoms.